The van der Waals surface area contributed by atoms with Crippen LogP contribution in [0.15, 0.2) is 12.3 Å². The second kappa shape index (κ2) is 6.17. The Kier molecular flexibility index (Phi) is 4.57. The van der Waals surface area contributed by atoms with Crippen molar-refractivity contribution >= 4 is 5.82 Å². The van der Waals surface area contributed by atoms with Crippen molar-refractivity contribution in [1.29, 1.82) is 0 Å². The molecule has 0 saturated carbocycles. The van der Waals surface area contributed by atoms with Crippen LogP contribution in [0.4, 0.5) is 5.82 Å². The van der Waals surface area contributed by atoms with Crippen molar-refractivity contribution < 1.29 is 5.11 Å². The third-order valence-electron chi connectivity index (χ3n) is 3.29. The van der Waals surface area contributed by atoms with E-state index in [9.17, 15) is 5.11 Å². The maximum Gasteiger partial charge on any atom is 0.145 e. The van der Waals surface area contributed by atoms with Gasteiger partial charge in [-0.15, -0.1) is 0 Å². The lowest BCUT2D eigenvalue weighted by Gasteiger charge is -2.35. The number of piperazine rings is 1. The first kappa shape index (κ1) is 13.3. The molecule has 1 unspecified atom stereocenters. The minimum absolute atomic E-state index is 0.233. The molecule has 0 bridgehead atoms. The molecule has 0 amide bonds. The highest BCUT2D eigenvalue weighted by Crippen LogP contribution is 2.03. The van der Waals surface area contributed by atoms with Crippen LogP contribution < -0.4 is 5.73 Å². The van der Waals surface area contributed by atoms with E-state index in [4.69, 9.17) is 5.73 Å². The van der Waals surface area contributed by atoms with Gasteiger partial charge in [-0.3, -0.25) is 14.5 Å². The maximum atomic E-state index is 9.35. The van der Waals surface area contributed by atoms with Gasteiger partial charge in [0.2, 0.25) is 0 Å². The molecule has 0 radical (unpaired) electrons. The van der Waals surface area contributed by atoms with Crippen LogP contribution in [0.25, 0.3) is 0 Å². The first-order chi connectivity index (χ1) is 8.63. The minimum atomic E-state index is -0.233. The summed E-state index contributed by atoms with van der Waals surface area (Å²) in [7, 11) is 0. The lowest BCUT2D eigenvalue weighted by atomic mass is 10.3. The lowest BCUT2D eigenvalue weighted by Crippen LogP contribution is -2.48. The van der Waals surface area contributed by atoms with Crippen LogP contribution in [0.3, 0.4) is 0 Å². The first-order valence-electron chi connectivity index (χ1n) is 6.55. The van der Waals surface area contributed by atoms with Crippen LogP contribution in [0.1, 0.15) is 6.92 Å². The van der Waals surface area contributed by atoms with Crippen LogP contribution in [0.2, 0.25) is 0 Å². The van der Waals surface area contributed by atoms with Crippen molar-refractivity contribution in [2.45, 2.75) is 19.6 Å². The van der Waals surface area contributed by atoms with Crippen molar-refractivity contribution in [1.82, 2.24) is 19.6 Å². The topological polar surface area (TPSA) is 70.5 Å². The van der Waals surface area contributed by atoms with E-state index in [2.05, 4.69) is 14.9 Å². The van der Waals surface area contributed by atoms with Gasteiger partial charge < -0.3 is 10.8 Å². The molecule has 1 aliphatic heterocycles. The number of nitrogen functional groups attached to an aromatic ring is 1. The van der Waals surface area contributed by atoms with Gasteiger partial charge in [0.05, 0.1) is 12.6 Å². The average molecular weight is 253 g/mol. The molecule has 1 saturated heterocycles. The highest BCUT2D eigenvalue weighted by Gasteiger charge is 2.17. The standard InChI is InChI=1S/C12H23N5O/c1-11(18)10-16-6-4-15(5-7-16)8-9-17-3-2-12(13)14-17/h2-3,11,18H,4-10H2,1H3,(H2,13,14). The number of nitrogens with two attached hydrogens (primary N) is 1. The monoisotopic (exact) mass is 253 g/mol. The summed E-state index contributed by atoms with van der Waals surface area (Å²) < 4.78 is 1.89. The molecule has 1 aromatic rings. The van der Waals surface area contributed by atoms with Gasteiger partial charge >= 0.3 is 0 Å². The molecule has 0 aliphatic carbocycles. The largest absolute Gasteiger partial charge is 0.392 e. The molecule has 102 valence electrons. The van der Waals surface area contributed by atoms with Crippen LogP contribution in [-0.4, -0.2) is 70.1 Å². The summed E-state index contributed by atoms with van der Waals surface area (Å²) in [4.78, 5) is 4.74. The van der Waals surface area contributed by atoms with E-state index in [0.717, 1.165) is 45.8 Å². The Balaban J connectivity index is 1.67. The third-order valence-corrected chi connectivity index (χ3v) is 3.29. The van der Waals surface area contributed by atoms with Crippen LogP contribution in [-0.2, 0) is 6.54 Å². The molecule has 0 spiro atoms. The molecule has 1 aliphatic rings. The molecule has 2 rings (SSSR count). The summed E-state index contributed by atoms with van der Waals surface area (Å²) in [6.07, 6.45) is 1.68. The molecule has 0 aromatic carbocycles. The Hall–Kier alpha value is -1.11. The summed E-state index contributed by atoms with van der Waals surface area (Å²) in [5.41, 5.74) is 5.58. The fraction of sp³-hybridized carbons (Fsp3) is 0.750. The molecule has 6 heteroatoms. The van der Waals surface area contributed by atoms with Gasteiger partial charge in [0, 0.05) is 45.5 Å². The maximum absolute atomic E-state index is 9.35. The molecule has 1 atom stereocenters. The van der Waals surface area contributed by atoms with Crippen molar-refractivity contribution in [3.63, 3.8) is 0 Å². The first-order valence-corrected chi connectivity index (χ1v) is 6.55. The van der Waals surface area contributed by atoms with Crippen LogP contribution in [0, 0.1) is 0 Å². The van der Waals surface area contributed by atoms with E-state index in [0.29, 0.717) is 5.82 Å². The van der Waals surface area contributed by atoms with Crippen molar-refractivity contribution in [2.24, 2.45) is 0 Å². The number of aromatic nitrogens is 2. The van der Waals surface area contributed by atoms with Gasteiger partial charge in [0.15, 0.2) is 0 Å². The number of nitrogens with zero attached hydrogens (tertiary/aromatic N) is 4. The van der Waals surface area contributed by atoms with E-state index < -0.39 is 0 Å². The summed E-state index contributed by atoms with van der Waals surface area (Å²) in [5.74, 6) is 0.580. The quantitative estimate of drug-likeness (QED) is 0.738. The highest BCUT2D eigenvalue weighted by molar-refractivity contribution is 5.23. The molecule has 3 N–H and O–H groups in total. The molecular weight excluding hydrogens is 230 g/mol. The number of aliphatic hydroxyl groups excluding tert-OH is 1. The van der Waals surface area contributed by atoms with Crippen molar-refractivity contribution in [2.75, 3.05) is 45.0 Å². The van der Waals surface area contributed by atoms with Crippen LogP contribution >= 0.6 is 0 Å². The highest BCUT2D eigenvalue weighted by atomic mass is 16.3. The van der Waals surface area contributed by atoms with E-state index in [1.54, 1.807) is 0 Å². The Morgan fingerprint density at radius 2 is 1.94 bits per heavy atom. The predicted molar refractivity (Wildman–Crippen MR) is 71.2 cm³/mol. The van der Waals surface area contributed by atoms with Gasteiger partial charge in [-0.25, -0.2) is 0 Å². The summed E-state index contributed by atoms with van der Waals surface area (Å²) in [5, 5.41) is 13.5. The molecular formula is C12H23N5O. The molecule has 1 fully saturated rings. The molecule has 6 nitrogen and oxygen atoms in total. The number of hydrogen-bond acceptors (Lipinski definition) is 5. The minimum Gasteiger partial charge on any atom is -0.392 e. The van der Waals surface area contributed by atoms with Gasteiger partial charge in [-0.05, 0) is 13.0 Å². The van der Waals surface area contributed by atoms with Gasteiger partial charge in [-0.1, -0.05) is 0 Å². The Bertz CT molecular complexity index is 357. The molecule has 1 aromatic heterocycles. The summed E-state index contributed by atoms with van der Waals surface area (Å²) >= 11 is 0. The zero-order valence-electron chi connectivity index (χ0n) is 11.0. The molecule has 2 heterocycles. The second-order valence-corrected chi connectivity index (χ2v) is 4.99. The van der Waals surface area contributed by atoms with E-state index in [1.165, 1.54) is 0 Å². The normalized spacial score (nSPS) is 20.1. The fourth-order valence-electron chi connectivity index (χ4n) is 2.31. The van der Waals surface area contributed by atoms with Gasteiger partial charge in [0.25, 0.3) is 0 Å². The Labute approximate surface area is 108 Å². The lowest BCUT2D eigenvalue weighted by molar-refractivity contribution is 0.0791. The van der Waals surface area contributed by atoms with Gasteiger partial charge in [-0.2, -0.15) is 5.10 Å². The summed E-state index contributed by atoms with van der Waals surface area (Å²) in [6, 6.07) is 1.82. The number of rotatable bonds is 5. The molecule has 18 heavy (non-hydrogen) atoms. The van der Waals surface area contributed by atoms with E-state index in [1.807, 2.05) is 23.9 Å². The third kappa shape index (κ3) is 3.97. The Morgan fingerprint density at radius 1 is 1.28 bits per heavy atom. The number of anilines is 1. The predicted octanol–water partition coefficient (Wildman–Crippen LogP) is -0.536. The number of aliphatic hydroxyl groups is 1. The number of hydrogen-bond donors (Lipinski definition) is 2. The van der Waals surface area contributed by atoms with Gasteiger partial charge in [0.1, 0.15) is 5.82 Å². The zero-order valence-corrected chi connectivity index (χ0v) is 11.0. The van der Waals surface area contributed by atoms with Crippen molar-refractivity contribution in [3.05, 3.63) is 12.3 Å². The SMILES string of the molecule is CC(O)CN1CCN(CCn2ccc(N)n2)CC1. The second-order valence-electron chi connectivity index (χ2n) is 4.99. The number of β-amino-alcohol motifs (C(OH)–C–C–N with tert-alkyl or cyclic N) is 1. The fourth-order valence-corrected chi connectivity index (χ4v) is 2.31. The smallest absolute Gasteiger partial charge is 0.145 e. The van der Waals surface area contributed by atoms with Crippen LogP contribution in [0.5, 0.6) is 0 Å². The zero-order chi connectivity index (χ0) is 13.0. The van der Waals surface area contributed by atoms with Crippen molar-refractivity contribution in [3.8, 4) is 0 Å². The van der Waals surface area contributed by atoms with E-state index >= 15 is 0 Å². The Morgan fingerprint density at radius 3 is 2.50 bits per heavy atom. The average Bonchev–Trinajstić information content (AvgIpc) is 2.74. The van der Waals surface area contributed by atoms with E-state index in [-0.39, 0.29) is 6.10 Å². The summed E-state index contributed by atoms with van der Waals surface area (Å²) in [6.45, 7) is 8.69.